The number of rotatable bonds is 6. The van der Waals surface area contributed by atoms with Crippen LogP contribution in [0.15, 0.2) is 79.1 Å². The highest BCUT2D eigenvalue weighted by Crippen LogP contribution is 2.26. The summed E-state index contributed by atoms with van der Waals surface area (Å²) in [7, 11) is 1.71. The predicted octanol–water partition coefficient (Wildman–Crippen LogP) is 3.30. The summed E-state index contributed by atoms with van der Waals surface area (Å²) in [6, 6.07) is 21.3. The Hall–Kier alpha value is -3.74. The van der Waals surface area contributed by atoms with Gasteiger partial charge in [0.1, 0.15) is 0 Å². The van der Waals surface area contributed by atoms with Crippen molar-refractivity contribution in [3.8, 4) is 11.4 Å². The normalized spacial score (nSPS) is 11.9. The first-order chi connectivity index (χ1) is 13.7. The van der Waals surface area contributed by atoms with Crippen molar-refractivity contribution in [1.82, 2.24) is 24.8 Å². The third kappa shape index (κ3) is 3.83. The lowest BCUT2D eigenvalue weighted by Gasteiger charge is -2.19. The zero-order valence-electron chi connectivity index (χ0n) is 15.4. The Labute approximate surface area is 162 Å². The van der Waals surface area contributed by atoms with Crippen LogP contribution >= 0.6 is 0 Å². The summed E-state index contributed by atoms with van der Waals surface area (Å²) in [4.78, 5) is 14.3. The molecule has 0 saturated carbocycles. The Morgan fingerprint density at radius 3 is 2.43 bits per heavy atom. The molecule has 1 unspecified atom stereocenters. The Bertz CT molecular complexity index is 1060. The monoisotopic (exact) mass is 372 g/mol. The molecule has 2 aromatic heterocycles. The van der Waals surface area contributed by atoms with Gasteiger partial charge in [-0.3, -0.25) is 4.79 Å². The van der Waals surface area contributed by atoms with Gasteiger partial charge in [-0.15, -0.1) is 10.2 Å². The topological polar surface area (TPSA) is 77.6 Å². The summed E-state index contributed by atoms with van der Waals surface area (Å²) in [5, 5.41) is 15.2. The van der Waals surface area contributed by atoms with Crippen molar-refractivity contribution in [2.24, 2.45) is 7.05 Å². The van der Waals surface area contributed by atoms with E-state index in [2.05, 4.69) is 20.7 Å². The number of nitrogens with one attached hydrogen (secondary N) is 1. The number of tetrazole rings is 1. The molecular weight excluding hydrogens is 352 g/mol. The predicted molar refractivity (Wildman–Crippen MR) is 106 cm³/mol. The van der Waals surface area contributed by atoms with Crippen molar-refractivity contribution in [2.45, 2.75) is 12.5 Å². The van der Waals surface area contributed by atoms with Gasteiger partial charge in [-0.05, 0) is 35.0 Å². The van der Waals surface area contributed by atoms with Crippen molar-refractivity contribution in [2.75, 3.05) is 5.32 Å². The zero-order valence-corrected chi connectivity index (χ0v) is 15.4. The number of nitrogens with zero attached hydrogens (tertiary/aromatic N) is 5. The third-order valence-corrected chi connectivity index (χ3v) is 4.50. The van der Waals surface area contributed by atoms with Crippen molar-refractivity contribution in [1.29, 1.82) is 0 Å². The van der Waals surface area contributed by atoms with Crippen LogP contribution in [0.3, 0.4) is 0 Å². The largest absolute Gasteiger partial charge is 0.346 e. The molecule has 140 valence electrons. The van der Waals surface area contributed by atoms with Crippen LogP contribution in [0, 0.1) is 0 Å². The van der Waals surface area contributed by atoms with E-state index in [9.17, 15) is 4.79 Å². The number of para-hydroxylation sites is 1. The smallest absolute Gasteiger partial charge is 0.226 e. The standard InChI is InChI=1S/C21H20N6O/c1-26-24-21(23-25-26)17-11-5-6-12-18(17)22-20(28)15-19(27-13-7-8-14-27)16-9-3-2-4-10-16/h2-14,19H,15H2,1H3,(H,22,28). The highest BCUT2D eigenvalue weighted by molar-refractivity contribution is 5.95. The van der Waals surface area contributed by atoms with Crippen LogP contribution in [0.4, 0.5) is 5.69 Å². The molecule has 2 heterocycles. The van der Waals surface area contributed by atoms with Crippen LogP contribution in [-0.4, -0.2) is 30.7 Å². The quantitative estimate of drug-likeness (QED) is 0.563. The number of amides is 1. The molecule has 1 atom stereocenters. The van der Waals surface area contributed by atoms with Crippen LogP contribution in [-0.2, 0) is 11.8 Å². The Morgan fingerprint density at radius 2 is 1.71 bits per heavy atom. The second-order valence-corrected chi connectivity index (χ2v) is 6.46. The van der Waals surface area contributed by atoms with Gasteiger partial charge in [0.2, 0.25) is 11.7 Å². The van der Waals surface area contributed by atoms with Crippen LogP contribution in [0.2, 0.25) is 0 Å². The zero-order chi connectivity index (χ0) is 19.3. The van der Waals surface area contributed by atoms with E-state index in [1.165, 1.54) is 4.80 Å². The molecule has 0 aliphatic rings. The number of benzene rings is 2. The van der Waals surface area contributed by atoms with E-state index < -0.39 is 0 Å². The molecule has 7 heteroatoms. The van der Waals surface area contributed by atoms with Gasteiger partial charge in [0.25, 0.3) is 0 Å². The van der Waals surface area contributed by atoms with Crippen molar-refractivity contribution >= 4 is 11.6 Å². The molecular formula is C21H20N6O. The van der Waals surface area contributed by atoms with E-state index >= 15 is 0 Å². The van der Waals surface area contributed by atoms with Gasteiger partial charge in [-0.2, -0.15) is 4.80 Å². The maximum Gasteiger partial charge on any atom is 0.226 e. The second kappa shape index (κ2) is 7.87. The highest BCUT2D eigenvalue weighted by atomic mass is 16.1. The highest BCUT2D eigenvalue weighted by Gasteiger charge is 2.19. The summed E-state index contributed by atoms with van der Waals surface area (Å²) in [6.07, 6.45) is 4.26. The minimum atomic E-state index is -0.0852. The molecule has 28 heavy (non-hydrogen) atoms. The Kier molecular flexibility index (Phi) is 4.97. The van der Waals surface area contributed by atoms with Gasteiger partial charge in [0.05, 0.1) is 25.2 Å². The lowest BCUT2D eigenvalue weighted by Crippen LogP contribution is -2.20. The Balaban J connectivity index is 1.57. The molecule has 0 aliphatic heterocycles. The molecule has 1 N–H and O–H groups in total. The summed E-state index contributed by atoms with van der Waals surface area (Å²) < 4.78 is 2.05. The summed E-state index contributed by atoms with van der Waals surface area (Å²) in [5.41, 5.74) is 2.48. The fourth-order valence-electron chi connectivity index (χ4n) is 3.18. The van der Waals surface area contributed by atoms with Crippen molar-refractivity contribution < 1.29 is 4.79 Å². The van der Waals surface area contributed by atoms with Gasteiger partial charge >= 0.3 is 0 Å². The molecule has 2 aromatic carbocycles. The number of carbonyl (C=O) groups is 1. The first-order valence-electron chi connectivity index (χ1n) is 9.01. The number of hydrogen-bond donors (Lipinski definition) is 1. The average Bonchev–Trinajstić information content (AvgIpc) is 3.39. The number of aryl methyl sites for hydroxylation is 1. The minimum absolute atomic E-state index is 0.0844. The molecule has 4 rings (SSSR count). The van der Waals surface area contributed by atoms with Crippen molar-refractivity contribution in [3.05, 3.63) is 84.7 Å². The molecule has 4 aromatic rings. The van der Waals surface area contributed by atoms with E-state index in [4.69, 9.17) is 0 Å². The van der Waals surface area contributed by atoms with Crippen molar-refractivity contribution in [3.63, 3.8) is 0 Å². The molecule has 0 spiro atoms. The van der Waals surface area contributed by atoms with Gasteiger partial charge in [-0.1, -0.05) is 42.5 Å². The fourth-order valence-corrected chi connectivity index (χ4v) is 3.18. The first-order valence-corrected chi connectivity index (χ1v) is 9.01. The molecule has 1 amide bonds. The third-order valence-electron chi connectivity index (χ3n) is 4.50. The molecule has 7 nitrogen and oxygen atoms in total. The maximum absolute atomic E-state index is 12.9. The van der Waals surface area contributed by atoms with Gasteiger partial charge in [0, 0.05) is 18.0 Å². The van der Waals surface area contributed by atoms with E-state index in [1.807, 2.05) is 83.7 Å². The number of hydrogen-bond acceptors (Lipinski definition) is 4. The molecule has 0 fully saturated rings. The lowest BCUT2D eigenvalue weighted by atomic mass is 10.0. The summed E-state index contributed by atoms with van der Waals surface area (Å²) in [5.74, 6) is 0.391. The van der Waals surface area contributed by atoms with Gasteiger partial charge < -0.3 is 9.88 Å². The molecule has 0 aliphatic carbocycles. The van der Waals surface area contributed by atoms with Gasteiger partial charge in [0.15, 0.2) is 0 Å². The second-order valence-electron chi connectivity index (χ2n) is 6.46. The molecule has 0 bridgehead atoms. The van der Waals surface area contributed by atoms with Crippen LogP contribution in [0.5, 0.6) is 0 Å². The Morgan fingerprint density at radius 1 is 1.00 bits per heavy atom. The number of anilines is 1. The first kappa shape index (κ1) is 17.7. The lowest BCUT2D eigenvalue weighted by molar-refractivity contribution is -0.116. The molecule has 0 saturated heterocycles. The average molecular weight is 372 g/mol. The summed E-state index contributed by atoms with van der Waals surface area (Å²) in [6.45, 7) is 0. The van der Waals surface area contributed by atoms with E-state index in [0.29, 0.717) is 17.9 Å². The molecule has 0 radical (unpaired) electrons. The number of aromatic nitrogens is 5. The van der Waals surface area contributed by atoms with E-state index in [0.717, 1.165) is 11.1 Å². The number of carbonyl (C=O) groups excluding carboxylic acids is 1. The van der Waals surface area contributed by atoms with Crippen LogP contribution < -0.4 is 5.32 Å². The van der Waals surface area contributed by atoms with E-state index in [1.54, 1.807) is 7.05 Å². The maximum atomic E-state index is 12.9. The van der Waals surface area contributed by atoms with Crippen LogP contribution in [0.1, 0.15) is 18.0 Å². The fraction of sp³-hybridized carbons (Fsp3) is 0.143. The van der Waals surface area contributed by atoms with Gasteiger partial charge in [-0.25, -0.2) is 0 Å². The SMILES string of the molecule is Cn1nnc(-c2ccccc2NC(=O)CC(c2ccccc2)n2cccc2)n1. The van der Waals surface area contributed by atoms with Crippen LogP contribution in [0.25, 0.3) is 11.4 Å². The van der Waals surface area contributed by atoms with E-state index in [-0.39, 0.29) is 11.9 Å². The summed E-state index contributed by atoms with van der Waals surface area (Å²) >= 11 is 0. The minimum Gasteiger partial charge on any atom is -0.346 e.